The largest absolute Gasteiger partial charge is 0.497 e. The molecule has 0 heterocycles. The van der Waals surface area contributed by atoms with E-state index in [0.29, 0.717) is 17.4 Å². The third kappa shape index (κ3) is 4.99. The fraction of sp³-hybridized carbons (Fsp3) is 0.409. The molecule has 0 bridgehead atoms. The summed E-state index contributed by atoms with van der Waals surface area (Å²) in [4.78, 5) is 12.5. The Hall–Kier alpha value is -2.45. The van der Waals surface area contributed by atoms with E-state index < -0.39 is 21.7 Å². The van der Waals surface area contributed by atoms with E-state index in [0.717, 1.165) is 31.4 Å². The van der Waals surface area contributed by atoms with Crippen molar-refractivity contribution in [3.63, 3.8) is 0 Å². The van der Waals surface area contributed by atoms with Crippen LogP contribution in [0.5, 0.6) is 5.75 Å². The highest BCUT2D eigenvalue weighted by Crippen LogP contribution is 2.30. The van der Waals surface area contributed by atoms with Crippen LogP contribution in [0.4, 0.5) is 10.1 Å². The van der Waals surface area contributed by atoms with Crippen molar-refractivity contribution in [1.29, 1.82) is 0 Å². The van der Waals surface area contributed by atoms with Gasteiger partial charge in [-0.2, -0.15) is 0 Å². The van der Waals surface area contributed by atoms with Gasteiger partial charge >= 0.3 is 0 Å². The summed E-state index contributed by atoms with van der Waals surface area (Å²) in [6.45, 7) is 4.15. The molecule has 3 rings (SSSR count). The minimum Gasteiger partial charge on any atom is -0.497 e. The van der Waals surface area contributed by atoms with Crippen molar-refractivity contribution in [2.75, 3.05) is 12.4 Å². The van der Waals surface area contributed by atoms with Crippen molar-refractivity contribution in [2.45, 2.75) is 44.0 Å². The van der Waals surface area contributed by atoms with Crippen molar-refractivity contribution in [2.24, 2.45) is 11.8 Å². The van der Waals surface area contributed by atoms with Gasteiger partial charge < -0.3 is 10.1 Å². The van der Waals surface area contributed by atoms with Crippen LogP contribution in [0, 0.1) is 17.7 Å². The quantitative estimate of drug-likeness (QED) is 0.714. The molecule has 2 aromatic rings. The summed E-state index contributed by atoms with van der Waals surface area (Å²) in [6.07, 6.45) is 2.79. The Bertz CT molecular complexity index is 1030. The molecule has 1 amide bonds. The number of ether oxygens (including phenoxy) is 1. The number of carbonyl (C=O) groups excluding carboxylic acids is 1. The van der Waals surface area contributed by atoms with E-state index in [1.165, 1.54) is 13.2 Å². The molecule has 1 fully saturated rings. The van der Waals surface area contributed by atoms with Crippen molar-refractivity contribution < 1.29 is 22.3 Å². The third-order valence-electron chi connectivity index (χ3n) is 5.83. The molecule has 8 heteroatoms. The number of methoxy groups -OCH3 is 1. The number of sulfonamides is 1. The summed E-state index contributed by atoms with van der Waals surface area (Å²) in [5.74, 6) is -0.384. The monoisotopic (exact) mass is 434 g/mol. The maximum Gasteiger partial charge on any atom is 0.258 e. The number of hydrogen-bond donors (Lipinski definition) is 2. The zero-order chi connectivity index (χ0) is 21.9. The number of benzene rings is 2. The maximum absolute atomic E-state index is 14.3. The van der Waals surface area contributed by atoms with Crippen LogP contribution in [-0.2, 0) is 10.0 Å². The normalized spacial score (nSPS) is 21.8. The number of amides is 1. The molecule has 3 atom stereocenters. The number of rotatable bonds is 6. The van der Waals surface area contributed by atoms with Crippen LogP contribution in [0.2, 0.25) is 0 Å². The van der Waals surface area contributed by atoms with Crippen LogP contribution in [-0.4, -0.2) is 27.5 Å². The molecule has 6 nitrogen and oxygen atoms in total. The highest BCUT2D eigenvalue weighted by molar-refractivity contribution is 7.89. The molecule has 30 heavy (non-hydrogen) atoms. The summed E-state index contributed by atoms with van der Waals surface area (Å²) in [5.41, 5.74) is 0.0703. The number of carbonyl (C=O) groups is 1. The van der Waals surface area contributed by atoms with E-state index in [1.807, 2.05) is 6.92 Å². The number of anilines is 1. The van der Waals surface area contributed by atoms with Crippen LogP contribution in [0.1, 0.15) is 43.5 Å². The second-order valence-electron chi connectivity index (χ2n) is 7.82. The molecule has 0 spiro atoms. The van der Waals surface area contributed by atoms with Gasteiger partial charge in [0.2, 0.25) is 10.0 Å². The van der Waals surface area contributed by atoms with E-state index in [-0.39, 0.29) is 22.4 Å². The molecule has 2 N–H and O–H groups in total. The summed E-state index contributed by atoms with van der Waals surface area (Å²) in [7, 11) is -2.39. The lowest BCUT2D eigenvalue weighted by atomic mass is 9.78. The van der Waals surface area contributed by atoms with Crippen LogP contribution >= 0.6 is 0 Å². The van der Waals surface area contributed by atoms with E-state index in [2.05, 4.69) is 17.0 Å². The predicted molar refractivity (Wildman–Crippen MR) is 114 cm³/mol. The Morgan fingerprint density at radius 2 is 1.90 bits per heavy atom. The van der Waals surface area contributed by atoms with E-state index in [1.54, 1.807) is 24.3 Å². The fourth-order valence-electron chi connectivity index (χ4n) is 3.76. The number of hydrogen-bond acceptors (Lipinski definition) is 4. The van der Waals surface area contributed by atoms with Gasteiger partial charge in [0.1, 0.15) is 11.6 Å². The zero-order valence-electron chi connectivity index (χ0n) is 17.3. The lowest BCUT2D eigenvalue weighted by Crippen LogP contribution is -2.43. The standard InChI is InChI=1S/C22H27FN2O4S/c1-14-6-4-9-21(15(14)2)25-30(27,28)18-10-11-20(23)19(13-18)22(26)24-16-7-5-8-17(12-16)29-3/h5,7-8,10-15,21,25H,4,6,9H2,1-3H3,(H,24,26)/t14-,15-,21-/m1/s1. The van der Waals surface area contributed by atoms with Gasteiger partial charge in [-0.1, -0.05) is 32.8 Å². The Labute approximate surface area is 176 Å². The molecule has 2 aromatic carbocycles. The smallest absolute Gasteiger partial charge is 0.258 e. The highest BCUT2D eigenvalue weighted by Gasteiger charge is 2.31. The Morgan fingerprint density at radius 1 is 1.13 bits per heavy atom. The average Bonchev–Trinajstić information content (AvgIpc) is 2.71. The summed E-state index contributed by atoms with van der Waals surface area (Å²) >= 11 is 0. The third-order valence-corrected chi connectivity index (χ3v) is 7.32. The average molecular weight is 435 g/mol. The molecule has 0 aliphatic heterocycles. The topological polar surface area (TPSA) is 84.5 Å². The van der Waals surface area contributed by atoms with Crippen molar-refractivity contribution >= 4 is 21.6 Å². The number of nitrogens with one attached hydrogen (secondary N) is 2. The predicted octanol–water partition coefficient (Wildman–Crippen LogP) is 4.19. The first-order chi connectivity index (χ1) is 14.2. The van der Waals surface area contributed by atoms with Crippen LogP contribution < -0.4 is 14.8 Å². The molecule has 1 aliphatic rings. The van der Waals surface area contributed by atoms with Crippen LogP contribution in [0.25, 0.3) is 0 Å². The van der Waals surface area contributed by atoms with Gasteiger partial charge in [0, 0.05) is 17.8 Å². The first kappa shape index (κ1) is 22.2. The second kappa shape index (κ2) is 9.14. The maximum atomic E-state index is 14.3. The van der Waals surface area contributed by atoms with Gasteiger partial charge in [-0.05, 0) is 48.6 Å². The fourth-order valence-corrected chi connectivity index (χ4v) is 5.15. The van der Waals surface area contributed by atoms with Gasteiger partial charge in [0.05, 0.1) is 17.6 Å². The summed E-state index contributed by atoms with van der Waals surface area (Å²) in [6, 6.07) is 9.68. The minimum atomic E-state index is -3.89. The first-order valence-corrected chi connectivity index (χ1v) is 11.5. The lowest BCUT2D eigenvalue weighted by molar-refractivity contribution is 0.102. The second-order valence-corrected chi connectivity index (χ2v) is 9.54. The van der Waals surface area contributed by atoms with Gasteiger partial charge in [0.25, 0.3) is 5.91 Å². The van der Waals surface area contributed by atoms with E-state index in [4.69, 9.17) is 4.74 Å². The van der Waals surface area contributed by atoms with Crippen molar-refractivity contribution in [3.8, 4) is 5.75 Å². The van der Waals surface area contributed by atoms with Gasteiger partial charge in [-0.3, -0.25) is 4.79 Å². The molecular formula is C22H27FN2O4S. The Morgan fingerprint density at radius 3 is 2.63 bits per heavy atom. The zero-order valence-corrected chi connectivity index (χ0v) is 18.1. The Kier molecular flexibility index (Phi) is 6.77. The van der Waals surface area contributed by atoms with Gasteiger partial charge in [-0.25, -0.2) is 17.5 Å². The Balaban J connectivity index is 1.82. The molecule has 1 aliphatic carbocycles. The van der Waals surface area contributed by atoms with Crippen LogP contribution in [0.3, 0.4) is 0 Å². The first-order valence-electron chi connectivity index (χ1n) is 9.98. The molecular weight excluding hydrogens is 407 g/mol. The molecule has 0 radical (unpaired) electrons. The van der Waals surface area contributed by atoms with Crippen LogP contribution in [0.15, 0.2) is 47.4 Å². The van der Waals surface area contributed by atoms with Gasteiger partial charge in [0.15, 0.2) is 0 Å². The van der Waals surface area contributed by atoms with E-state index in [9.17, 15) is 17.6 Å². The lowest BCUT2D eigenvalue weighted by Gasteiger charge is -2.34. The molecule has 0 saturated heterocycles. The molecule has 1 saturated carbocycles. The van der Waals surface area contributed by atoms with Crippen molar-refractivity contribution in [3.05, 3.63) is 53.8 Å². The SMILES string of the molecule is COc1cccc(NC(=O)c2cc(S(=O)(=O)N[C@@H]3CCC[C@@H](C)[C@H]3C)ccc2F)c1. The van der Waals surface area contributed by atoms with E-state index >= 15 is 0 Å². The highest BCUT2D eigenvalue weighted by atomic mass is 32.2. The summed E-state index contributed by atoms with van der Waals surface area (Å²) < 4.78 is 48.0. The molecule has 162 valence electrons. The number of halogens is 1. The molecule has 0 unspecified atom stereocenters. The van der Waals surface area contributed by atoms with Gasteiger partial charge in [-0.15, -0.1) is 0 Å². The van der Waals surface area contributed by atoms with Crippen molar-refractivity contribution in [1.82, 2.24) is 4.72 Å². The minimum absolute atomic E-state index is 0.134. The summed E-state index contributed by atoms with van der Waals surface area (Å²) in [5, 5.41) is 2.57. The molecule has 0 aromatic heterocycles.